The summed E-state index contributed by atoms with van der Waals surface area (Å²) in [5.41, 5.74) is 2.20. The van der Waals surface area contributed by atoms with Crippen molar-refractivity contribution in [3.8, 4) is 11.5 Å². The van der Waals surface area contributed by atoms with E-state index < -0.39 is 4.87 Å². The van der Waals surface area contributed by atoms with E-state index in [-0.39, 0.29) is 35.7 Å². The summed E-state index contributed by atoms with van der Waals surface area (Å²) < 4.78 is 11.1. The minimum absolute atomic E-state index is 0.0610. The fraction of sp³-hybridized carbons (Fsp3) is 0.444. The second kappa shape index (κ2) is 9.78. The van der Waals surface area contributed by atoms with Crippen LogP contribution in [0.2, 0.25) is 0 Å². The highest BCUT2D eigenvalue weighted by Gasteiger charge is 2.64. The van der Waals surface area contributed by atoms with Crippen LogP contribution in [0.15, 0.2) is 53.6 Å². The van der Waals surface area contributed by atoms with E-state index in [2.05, 4.69) is 40.0 Å². The van der Waals surface area contributed by atoms with Gasteiger partial charge in [-0.05, 0) is 48.2 Å². The second-order valence-corrected chi connectivity index (χ2v) is 10.8. The van der Waals surface area contributed by atoms with Gasteiger partial charge in [-0.25, -0.2) is 5.01 Å². The molecule has 5 rings (SSSR count). The van der Waals surface area contributed by atoms with E-state index in [1.54, 1.807) is 26.2 Å². The van der Waals surface area contributed by atoms with Crippen LogP contribution in [-0.4, -0.2) is 41.1 Å². The van der Waals surface area contributed by atoms with Gasteiger partial charge in [0.2, 0.25) is 11.8 Å². The number of hydrazone groups is 1. The van der Waals surface area contributed by atoms with Crippen LogP contribution in [-0.2, 0) is 9.59 Å². The van der Waals surface area contributed by atoms with Crippen molar-refractivity contribution in [2.24, 2.45) is 16.9 Å². The third-order valence-electron chi connectivity index (χ3n) is 7.53. The maximum atomic E-state index is 13.1. The summed E-state index contributed by atoms with van der Waals surface area (Å²) in [5.74, 6) is 1.38. The first-order chi connectivity index (χ1) is 17.4. The Morgan fingerprint density at radius 2 is 1.56 bits per heavy atom. The first-order valence-corrected chi connectivity index (χ1v) is 13.1. The molecule has 3 aliphatic rings. The van der Waals surface area contributed by atoms with Gasteiger partial charge in [0, 0.05) is 37.8 Å². The van der Waals surface area contributed by atoms with Crippen molar-refractivity contribution in [3.05, 3.63) is 59.7 Å². The lowest BCUT2D eigenvalue weighted by molar-refractivity contribution is -0.140. The average molecular weight is 509 g/mol. The van der Waals surface area contributed by atoms with Crippen molar-refractivity contribution in [1.82, 2.24) is 15.6 Å². The standard InChI is InChI=1S/C27H32N4O4S/c1-16(32)28-26-30-31(17(2)33)27(36-26)22-12-7-13-23(27)25(19-9-6-11-21(15-19)35-4)29-24(22)18-8-5-10-20(14-18)34-3/h5-6,8-11,14-15,22-25,29H,7,12-13H2,1-4H3,(H,28,30,32)/t22-,23+,24?,25?,27?. The molecule has 2 aromatic carbocycles. The van der Waals surface area contributed by atoms with Crippen LogP contribution in [0.4, 0.5) is 0 Å². The van der Waals surface area contributed by atoms with Gasteiger partial charge in [0.15, 0.2) is 5.17 Å². The number of rotatable bonds is 4. The van der Waals surface area contributed by atoms with Crippen molar-refractivity contribution < 1.29 is 19.1 Å². The molecule has 190 valence electrons. The first-order valence-electron chi connectivity index (χ1n) is 12.3. The molecule has 2 heterocycles. The first kappa shape index (κ1) is 24.6. The number of amidine groups is 1. The molecule has 2 fully saturated rings. The van der Waals surface area contributed by atoms with Crippen LogP contribution in [0.25, 0.3) is 0 Å². The topological polar surface area (TPSA) is 92.3 Å². The molecular formula is C27H32N4O4S. The number of carbonyl (C=O) groups excluding carboxylic acids is 2. The van der Waals surface area contributed by atoms with Crippen molar-refractivity contribution in [1.29, 1.82) is 0 Å². The Hall–Kier alpha value is -3.04. The van der Waals surface area contributed by atoms with Gasteiger partial charge in [-0.15, -0.1) is 5.10 Å². The molecule has 5 atom stereocenters. The van der Waals surface area contributed by atoms with Gasteiger partial charge in [0.1, 0.15) is 16.4 Å². The molecule has 0 aromatic heterocycles. The van der Waals surface area contributed by atoms with Crippen LogP contribution in [0.3, 0.4) is 0 Å². The number of hydrogen-bond acceptors (Lipinski definition) is 7. The van der Waals surface area contributed by atoms with Gasteiger partial charge in [0.05, 0.1) is 14.2 Å². The summed E-state index contributed by atoms with van der Waals surface area (Å²) in [5, 5.41) is 13.6. The van der Waals surface area contributed by atoms with Gasteiger partial charge in [-0.2, -0.15) is 0 Å². The van der Waals surface area contributed by atoms with Crippen molar-refractivity contribution in [2.75, 3.05) is 14.2 Å². The maximum Gasteiger partial charge on any atom is 0.240 e. The number of piperidine rings is 1. The van der Waals surface area contributed by atoms with E-state index in [0.29, 0.717) is 5.17 Å². The van der Waals surface area contributed by atoms with Gasteiger partial charge >= 0.3 is 0 Å². The highest BCUT2D eigenvalue weighted by Crippen LogP contribution is 2.63. The molecule has 0 radical (unpaired) electrons. The Kier molecular flexibility index (Phi) is 6.70. The molecule has 2 bridgehead atoms. The van der Waals surface area contributed by atoms with E-state index in [4.69, 9.17) is 9.47 Å². The smallest absolute Gasteiger partial charge is 0.240 e. The van der Waals surface area contributed by atoms with Crippen molar-refractivity contribution in [2.45, 2.75) is 50.1 Å². The Morgan fingerprint density at radius 1 is 1.00 bits per heavy atom. The summed E-state index contributed by atoms with van der Waals surface area (Å²) in [6.07, 6.45) is 2.90. The van der Waals surface area contributed by atoms with Crippen LogP contribution in [0.1, 0.15) is 56.3 Å². The Bertz CT molecular complexity index is 1140. The predicted octanol–water partition coefficient (Wildman–Crippen LogP) is 4.20. The summed E-state index contributed by atoms with van der Waals surface area (Å²) >= 11 is 1.53. The second-order valence-electron chi connectivity index (χ2n) is 9.59. The normalized spacial score (nSPS) is 29.0. The zero-order valence-electron chi connectivity index (χ0n) is 21.0. The zero-order valence-corrected chi connectivity index (χ0v) is 21.8. The lowest BCUT2D eigenvalue weighted by Gasteiger charge is -2.59. The monoisotopic (exact) mass is 508 g/mol. The van der Waals surface area contributed by atoms with E-state index in [1.165, 1.54) is 18.7 Å². The quantitative estimate of drug-likeness (QED) is 0.643. The van der Waals surface area contributed by atoms with E-state index >= 15 is 0 Å². The Balaban J connectivity index is 1.67. The molecule has 2 amide bonds. The predicted molar refractivity (Wildman–Crippen MR) is 140 cm³/mol. The molecule has 36 heavy (non-hydrogen) atoms. The van der Waals surface area contributed by atoms with Crippen LogP contribution in [0.5, 0.6) is 11.5 Å². The number of amides is 2. The summed E-state index contributed by atoms with van der Waals surface area (Å²) in [6, 6.07) is 16.1. The molecule has 8 nitrogen and oxygen atoms in total. The van der Waals surface area contributed by atoms with Gasteiger partial charge in [-0.1, -0.05) is 42.4 Å². The number of nitrogens with zero attached hydrogens (tertiary/aromatic N) is 2. The van der Waals surface area contributed by atoms with Gasteiger partial charge in [0.25, 0.3) is 0 Å². The molecule has 1 spiro atoms. The zero-order chi connectivity index (χ0) is 25.4. The number of nitrogens with one attached hydrogen (secondary N) is 2. The highest BCUT2D eigenvalue weighted by atomic mass is 32.2. The molecule has 1 saturated carbocycles. The fourth-order valence-electron chi connectivity index (χ4n) is 6.18. The number of methoxy groups -OCH3 is 2. The maximum absolute atomic E-state index is 13.1. The third-order valence-corrected chi connectivity index (χ3v) is 9.01. The van der Waals surface area contributed by atoms with Crippen LogP contribution < -0.4 is 20.1 Å². The SMILES string of the molecule is COc1cccc(C2NC(c3cccc(OC)c3)[C@@H]3CCC[C@H]2C32SC(NC(C)=O)=NN2C(C)=O)c1. The largest absolute Gasteiger partial charge is 0.497 e. The summed E-state index contributed by atoms with van der Waals surface area (Å²) in [6.45, 7) is 3.02. The molecule has 9 heteroatoms. The average Bonchev–Trinajstić information content (AvgIpc) is 3.22. The lowest BCUT2D eigenvalue weighted by Crippen LogP contribution is -2.65. The Morgan fingerprint density at radius 3 is 2.03 bits per heavy atom. The fourth-order valence-corrected chi connectivity index (χ4v) is 7.87. The van der Waals surface area contributed by atoms with Crippen molar-refractivity contribution >= 4 is 28.7 Å². The van der Waals surface area contributed by atoms with E-state index in [1.807, 2.05) is 24.3 Å². The minimum Gasteiger partial charge on any atom is -0.497 e. The van der Waals surface area contributed by atoms with E-state index in [0.717, 1.165) is 41.9 Å². The number of benzene rings is 2. The van der Waals surface area contributed by atoms with Crippen molar-refractivity contribution in [3.63, 3.8) is 0 Å². The summed E-state index contributed by atoms with van der Waals surface area (Å²) in [7, 11) is 3.34. The highest BCUT2D eigenvalue weighted by molar-refractivity contribution is 8.15. The molecular weight excluding hydrogens is 476 g/mol. The Labute approximate surface area is 215 Å². The number of ether oxygens (including phenoxy) is 2. The number of carbonyl (C=O) groups is 2. The minimum atomic E-state index is -0.644. The third kappa shape index (κ3) is 4.14. The van der Waals surface area contributed by atoms with Gasteiger partial charge < -0.3 is 20.1 Å². The molecule has 1 saturated heterocycles. The van der Waals surface area contributed by atoms with E-state index in [9.17, 15) is 9.59 Å². The number of thioether (sulfide) groups is 1. The van der Waals surface area contributed by atoms with Crippen LogP contribution >= 0.6 is 11.8 Å². The van der Waals surface area contributed by atoms with Crippen LogP contribution in [0, 0.1) is 11.8 Å². The van der Waals surface area contributed by atoms with Gasteiger partial charge in [-0.3, -0.25) is 9.59 Å². The lowest BCUT2D eigenvalue weighted by atomic mass is 9.64. The summed E-state index contributed by atoms with van der Waals surface area (Å²) in [4.78, 5) is 24.4. The molecule has 1 aliphatic carbocycles. The molecule has 2 aliphatic heterocycles. The molecule has 2 N–H and O–H groups in total. The number of hydrogen-bond donors (Lipinski definition) is 2. The molecule has 3 unspecified atom stereocenters. The molecule has 2 aromatic rings.